The van der Waals surface area contributed by atoms with E-state index in [1.165, 1.54) is 0 Å². The Morgan fingerprint density at radius 2 is 1.86 bits per heavy atom. The minimum atomic E-state index is -1.04. The number of rotatable bonds is 6. The molecule has 0 saturated heterocycles. The SMILES string of the molecule is CN=C(NCCS(=O)c1ccccc1)NCC1CC(=O)Nc2ccccc21.I. The smallest absolute Gasteiger partial charge is 0.225 e. The fraction of sp³-hybridized carbons (Fsp3) is 0.300. The summed E-state index contributed by atoms with van der Waals surface area (Å²) in [6, 6.07) is 17.3. The van der Waals surface area contributed by atoms with E-state index in [2.05, 4.69) is 20.9 Å². The van der Waals surface area contributed by atoms with E-state index in [0.717, 1.165) is 16.1 Å². The van der Waals surface area contributed by atoms with Crippen LogP contribution in [0.4, 0.5) is 5.69 Å². The summed E-state index contributed by atoms with van der Waals surface area (Å²) in [5, 5.41) is 9.37. The molecular formula is C20H25IN4O2S. The van der Waals surface area contributed by atoms with Gasteiger partial charge in [0.05, 0.1) is 10.8 Å². The van der Waals surface area contributed by atoms with Gasteiger partial charge in [-0.15, -0.1) is 24.0 Å². The van der Waals surface area contributed by atoms with Gasteiger partial charge in [0, 0.05) is 48.8 Å². The molecule has 0 aliphatic carbocycles. The van der Waals surface area contributed by atoms with Gasteiger partial charge >= 0.3 is 0 Å². The lowest BCUT2D eigenvalue weighted by atomic mass is 9.90. The molecule has 0 saturated carbocycles. The largest absolute Gasteiger partial charge is 0.356 e. The third kappa shape index (κ3) is 6.03. The Morgan fingerprint density at radius 1 is 1.14 bits per heavy atom. The lowest BCUT2D eigenvalue weighted by Crippen LogP contribution is -2.42. The van der Waals surface area contributed by atoms with Crippen molar-refractivity contribution in [3.05, 3.63) is 60.2 Å². The Hall–Kier alpha value is -1.94. The van der Waals surface area contributed by atoms with E-state index in [4.69, 9.17) is 0 Å². The van der Waals surface area contributed by atoms with Crippen LogP contribution < -0.4 is 16.0 Å². The van der Waals surface area contributed by atoms with Crippen molar-refractivity contribution in [2.24, 2.45) is 4.99 Å². The van der Waals surface area contributed by atoms with Gasteiger partial charge in [0.1, 0.15) is 0 Å². The number of carbonyl (C=O) groups excluding carboxylic acids is 1. The number of benzene rings is 2. The number of hydrogen-bond acceptors (Lipinski definition) is 3. The lowest BCUT2D eigenvalue weighted by molar-refractivity contribution is -0.116. The Labute approximate surface area is 185 Å². The summed E-state index contributed by atoms with van der Waals surface area (Å²) in [6.07, 6.45) is 0.443. The van der Waals surface area contributed by atoms with E-state index in [0.29, 0.717) is 31.2 Å². The van der Waals surface area contributed by atoms with Crippen LogP contribution in [0.3, 0.4) is 0 Å². The normalized spacial score (nSPS) is 17.0. The van der Waals surface area contributed by atoms with Gasteiger partial charge < -0.3 is 16.0 Å². The molecule has 3 rings (SSSR count). The monoisotopic (exact) mass is 512 g/mol. The van der Waals surface area contributed by atoms with Crippen LogP contribution in [0.1, 0.15) is 17.9 Å². The summed E-state index contributed by atoms with van der Waals surface area (Å²) in [6.45, 7) is 1.15. The first-order valence-corrected chi connectivity index (χ1v) is 10.3. The third-order valence-corrected chi connectivity index (χ3v) is 5.80. The summed E-state index contributed by atoms with van der Waals surface area (Å²) < 4.78 is 12.3. The minimum Gasteiger partial charge on any atom is -0.356 e. The molecule has 1 amide bonds. The highest BCUT2D eigenvalue weighted by Gasteiger charge is 2.24. The number of guanidine groups is 1. The van der Waals surface area contributed by atoms with Gasteiger partial charge in [-0.1, -0.05) is 36.4 Å². The van der Waals surface area contributed by atoms with Gasteiger partial charge in [0.15, 0.2) is 5.96 Å². The van der Waals surface area contributed by atoms with Crippen molar-refractivity contribution >= 4 is 52.3 Å². The quantitative estimate of drug-likeness (QED) is 0.316. The molecular weight excluding hydrogens is 487 g/mol. The van der Waals surface area contributed by atoms with Crippen LogP contribution >= 0.6 is 24.0 Å². The van der Waals surface area contributed by atoms with Crippen LogP contribution in [0.15, 0.2) is 64.5 Å². The summed E-state index contributed by atoms with van der Waals surface area (Å²) in [4.78, 5) is 17.0. The average Bonchev–Trinajstić information content (AvgIpc) is 2.70. The van der Waals surface area contributed by atoms with Gasteiger partial charge in [0.25, 0.3) is 0 Å². The molecule has 1 aliphatic heterocycles. The highest BCUT2D eigenvalue weighted by molar-refractivity contribution is 14.0. The fourth-order valence-electron chi connectivity index (χ4n) is 3.08. The molecule has 3 N–H and O–H groups in total. The van der Waals surface area contributed by atoms with Gasteiger partial charge in [-0.3, -0.25) is 14.0 Å². The number of amides is 1. The van der Waals surface area contributed by atoms with Gasteiger partial charge in [-0.25, -0.2) is 0 Å². The second-order valence-corrected chi connectivity index (χ2v) is 7.85. The maximum absolute atomic E-state index is 12.3. The molecule has 28 heavy (non-hydrogen) atoms. The molecule has 0 fully saturated rings. The second kappa shape index (κ2) is 11.2. The third-order valence-electron chi connectivity index (χ3n) is 4.43. The first-order chi connectivity index (χ1) is 13.2. The number of aliphatic imine (C=N–C) groups is 1. The van der Waals surface area contributed by atoms with Crippen LogP contribution in [0.5, 0.6) is 0 Å². The topological polar surface area (TPSA) is 82.6 Å². The van der Waals surface area contributed by atoms with Crippen LogP contribution in [0, 0.1) is 0 Å². The Balaban J connectivity index is 0.00000280. The van der Waals surface area contributed by atoms with Crippen molar-refractivity contribution in [3.63, 3.8) is 0 Å². The molecule has 150 valence electrons. The van der Waals surface area contributed by atoms with Crippen molar-refractivity contribution in [2.45, 2.75) is 17.2 Å². The predicted octanol–water partition coefficient (Wildman–Crippen LogP) is 2.70. The van der Waals surface area contributed by atoms with E-state index in [9.17, 15) is 9.00 Å². The van der Waals surface area contributed by atoms with Crippen molar-refractivity contribution in [1.29, 1.82) is 0 Å². The second-order valence-electron chi connectivity index (χ2n) is 6.28. The standard InChI is InChI=1S/C20H24N4O2S.HI/c1-21-20(22-11-12-27(26)16-7-3-2-4-8-16)23-14-15-13-19(25)24-18-10-6-5-9-17(15)18;/h2-10,15H,11-14H2,1H3,(H,24,25)(H2,21,22,23);1H. The lowest BCUT2D eigenvalue weighted by Gasteiger charge is -2.26. The van der Waals surface area contributed by atoms with E-state index < -0.39 is 10.8 Å². The molecule has 0 spiro atoms. The zero-order chi connectivity index (χ0) is 19.1. The number of carbonyl (C=O) groups is 1. The Kier molecular flexibility index (Phi) is 8.91. The van der Waals surface area contributed by atoms with Gasteiger partial charge in [0.2, 0.25) is 5.91 Å². The van der Waals surface area contributed by atoms with Crippen molar-refractivity contribution in [1.82, 2.24) is 10.6 Å². The first-order valence-electron chi connectivity index (χ1n) is 8.94. The predicted molar refractivity (Wildman–Crippen MR) is 125 cm³/mol. The fourth-order valence-corrected chi connectivity index (χ4v) is 4.06. The molecule has 0 bridgehead atoms. The van der Waals surface area contributed by atoms with Crippen molar-refractivity contribution in [3.8, 4) is 0 Å². The molecule has 6 nitrogen and oxygen atoms in total. The summed E-state index contributed by atoms with van der Waals surface area (Å²) in [5.74, 6) is 1.26. The molecule has 0 aromatic heterocycles. The number of anilines is 1. The number of para-hydroxylation sites is 1. The van der Waals surface area contributed by atoms with Gasteiger partial charge in [-0.05, 0) is 23.8 Å². The number of nitrogens with zero attached hydrogens (tertiary/aromatic N) is 1. The Morgan fingerprint density at radius 3 is 2.61 bits per heavy atom. The Bertz CT molecular complexity index is 845. The maximum atomic E-state index is 12.3. The van der Waals surface area contributed by atoms with Gasteiger partial charge in [-0.2, -0.15) is 0 Å². The number of fused-ring (bicyclic) bond motifs is 1. The van der Waals surface area contributed by atoms with Crippen molar-refractivity contribution < 1.29 is 9.00 Å². The van der Waals surface area contributed by atoms with E-state index >= 15 is 0 Å². The molecule has 8 heteroatoms. The average molecular weight is 512 g/mol. The van der Waals surface area contributed by atoms with E-state index in [1.807, 2.05) is 54.6 Å². The molecule has 2 unspecified atom stereocenters. The molecule has 1 aliphatic rings. The van der Waals surface area contributed by atoms with Crippen LogP contribution in [0.2, 0.25) is 0 Å². The van der Waals surface area contributed by atoms with E-state index in [1.54, 1.807) is 7.05 Å². The highest BCUT2D eigenvalue weighted by atomic mass is 127. The van der Waals surface area contributed by atoms with E-state index in [-0.39, 0.29) is 35.8 Å². The number of halogens is 1. The molecule has 2 aromatic carbocycles. The molecule has 2 aromatic rings. The number of nitrogens with one attached hydrogen (secondary N) is 3. The number of hydrogen-bond donors (Lipinski definition) is 3. The summed E-state index contributed by atoms with van der Waals surface area (Å²) in [5.41, 5.74) is 2.01. The first kappa shape index (κ1) is 22.4. The highest BCUT2D eigenvalue weighted by Crippen LogP contribution is 2.31. The molecule has 0 radical (unpaired) electrons. The van der Waals surface area contributed by atoms with Crippen LogP contribution in [0.25, 0.3) is 0 Å². The molecule has 2 atom stereocenters. The minimum absolute atomic E-state index is 0. The van der Waals surface area contributed by atoms with Crippen LogP contribution in [-0.4, -0.2) is 42.0 Å². The molecule has 1 heterocycles. The maximum Gasteiger partial charge on any atom is 0.225 e. The van der Waals surface area contributed by atoms with Crippen LogP contribution in [-0.2, 0) is 15.6 Å². The zero-order valence-electron chi connectivity index (χ0n) is 15.7. The summed E-state index contributed by atoms with van der Waals surface area (Å²) >= 11 is 0. The zero-order valence-corrected chi connectivity index (χ0v) is 18.8. The van der Waals surface area contributed by atoms with Crippen molar-refractivity contribution in [2.75, 3.05) is 31.2 Å². The summed E-state index contributed by atoms with van der Waals surface area (Å²) in [7, 11) is 0.657.